The fraction of sp³-hybridized carbons (Fsp3) is 0.333. The highest BCUT2D eigenvalue weighted by Gasteiger charge is 2.08. The van der Waals surface area contributed by atoms with Crippen LogP contribution in [0.5, 0.6) is 0 Å². The molecule has 1 unspecified atom stereocenters. The van der Waals surface area contributed by atoms with Crippen LogP contribution in [0, 0.1) is 4.91 Å². The quantitative estimate of drug-likeness (QED) is 0.559. The fourth-order valence-electron chi connectivity index (χ4n) is 0.729. The molecule has 0 saturated heterocycles. The van der Waals surface area contributed by atoms with Crippen molar-refractivity contribution in [1.29, 1.82) is 0 Å². The van der Waals surface area contributed by atoms with E-state index in [2.05, 4.69) is 5.18 Å². The zero-order valence-corrected chi connectivity index (χ0v) is 4.82. The minimum Gasteiger partial charge on any atom is -0.365 e. The van der Waals surface area contributed by atoms with E-state index in [0.717, 1.165) is 6.42 Å². The summed E-state index contributed by atoms with van der Waals surface area (Å²) in [5.41, 5.74) is 0.602. The van der Waals surface area contributed by atoms with E-state index in [1.54, 1.807) is 12.2 Å². The van der Waals surface area contributed by atoms with Gasteiger partial charge in [0, 0.05) is 5.57 Å². The molecule has 0 aromatic heterocycles. The lowest BCUT2D eigenvalue weighted by molar-refractivity contribution is 0.223. The van der Waals surface area contributed by atoms with Crippen LogP contribution in [-0.2, 0) is 0 Å². The molecule has 3 nitrogen and oxygen atoms in total. The number of nitroso groups, excluding NO2 is 1. The smallest absolute Gasteiger partial charge is 0.212 e. The van der Waals surface area contributed by atoms with Gasteiger partial charge >= 0.3 is 0 Å². The van der Waals surface area contributed by atoms with Crippen LogP contribution in [-0.4, -0.2) is 11.3 Å². The molecule has 0 aromatic rings. The van der Waals surface area contributed by atoms with Gasteiger partial charge in [-0.3, -0.25) is 0 Å². The Balaban J connectivity index is 2.61. The maximum atomic E-state index is 9.72. The topological polar surface area (TPSA) is 49.7 Å². The summed E-state index contributed by atoms with van der Waals surface area (Å²) in [6, 6.07) is 0. The van der Waals surface area contributed by atoms with Gasteiger partial charge in [0.1, 0.15) is 0 Å². The highest BCUT2D eigenvalue weighted by molar-refractivity contribution is 5.28. The molecular weight excluding hydrogens is 118 g/mol. The van der Waals surface area contributed by atoms with Crippen molar-refractivity contribution in [2.24, 2.45) is 5.18 Å². The maximum absolute atomic E-state index is 9.72. The monoisotopic (exact) mass is 125 g/mol. The molecule has 0 spiro atoms. The average Bonchev–Trinajstić information content (AvgIpc) is 2.37. The molecule has 1 atom stereocenters. The van der Waals surface area contributed by atoms with Crippen molar-refractivity contribution >= 4 is 0 Å². The Bertz CT molecular complexity index is 172. The van der Waals surface area contributed by atoms with Gasteiger partial charge in [-0.1, -0.05) is 18.2 Å². The zero-order valence-electron chi connectivity index (χ0n) is 4.82. The molecule has 1 aliphatic rings. The lowest BCUT2D eigenvalue weighted by atomic mass is 10.3. The van der Waals surface area contributed by atoms with Gasteiger partial charge in [-0.05, 0) is 11.6 Å². The van der Waals surface area contributed by atoms with Gasteiger partial charge in [-0.25, -0.2) is 0 Å². The van der Waals surface area contributed by atoms with E-state index in [4.69, 9.17) is 5.11 Å². The summed E-state index contributed by atoms with van der Waals surface area (Å²) in [5.74, 6) is 0. The summed E-state index contributed by atoms with van der Waals surface area (Å²) in [6.45, 7) is 0. The van der Waals surface area contributed by atoms with Crippen LogP contribution in [0.3, 0.4) is 0 Å². The van der Waals surface area contributed by atoms with E-state index in [0.29, 0.717) is 5.57 Å². The number of hydrogen-bond donors (Lipinski definition) is 1. The van der Waals surface area contributed by atoms with Gasteiger partial charge in [0.25, 0.3) is 0 Å². The lowest BCUT2D eigenvalue weighted by Crippen LogP contribution is -2.01. The second kappa shape index (κ2) is 2.55. The van der Waals surface area contributed by atoms with Crippen LogP contribution < -0.4 is 0 Å². The molecule has 1 aliphatic carbocycles. The number of nitrogens with zero attached hydrogens (tertiary/aromatic N) is 1. The van der Waals surface area contributed by atoms with Crippen molar-refractivity contribution < 1.29 is 5.11 Å². The summed E-state index contributed by atoms with van der Waals surface area (Å²) >= 11 is 0. The summed E-state index contributed by atoms with van der Waals surface area (Å²) in [7, 11) is 0. The van der Waals surface area contributed by atoms with Crippen LogP contribution in [0.25, 0.3) is 0 Å². The predicted molar refractivity (Wildman–Crippen MR) is 33.6 cm³/mol. The highest BCUT2D eigenvalue weighted by atomic mass is 16.3. The molecule has 0 aromatic carbocycles. The van der Waals surface area contributed by atoms with Crippen LogP contribution in [0.1, 0.15) is 6.42 Å². The molecule has 1 rings (SSSR count). The van der Waals surface area contributed by atoms with Gasteiger partial charge < -0.3 is 5.11 Å². The first kappa shape index (κ1) is 6.16. The Labute approximate surface area is 52.7 Å². The van der Waals surface area contributed by atoms with Gasteiger partial charge in [0.15, 0.2) is 0 Å². The summed E-state index contributed by atoms with van der Waals surface area (Å²) < 4.78 is 0. The SMILES string of the molecule is O=NC(O)C1=CCC=C1. The zero-order chi connectivity index (χ0) is 6.69. The minimum absolute atomic E-state index is 0.602. The predicted octanol–water partition coefficient (Wildman–Crippen LogP) is 0.958. The van der Waals surface area contributed by atoms with Crippen LogP contribution in [0.15, 0.2) is 29.0 Å². The van der Waals surface area contributed by atoms with Crippen molar-refractivity contribution in [1.82, 2.24) is 0 Å². The van der Waals surface area contributed by atoms with Crippen molar-refractivity contribution in [2.45, 2.75) is 12.6 Å². The second-order valence-corrected chi connectivity index (χ2v) is 1.82. The van der Waals surface area contributed by atoms with Crippen LogP contribution in [0.2, 0.25) is 0 Å². The molecule has 0 radical (unpaired) electrons. The normalized spacial score (nSPS) is 19.4. The summed E-state index contributed by atoms with van der Waals surface area (Å²) in [4.78, 5) is 9.72. The number of hydrogen-bond acceptors (Lipinski definition) is 3. The van der Waals surface area contributed by atoms with Crippen LogP contribution >= 0.6 is 0 Å². The first-order valence-corrected chi connectivity index (χ1v) is 2.71. The fourth-order valence-corrected chi connectivity index (χ4v) is 0.729. The number of rotatable bonds is 2. The van der Waals surface area contributed by atoms with E-state index in [1.165, 1.54) is 0 Å². The van der Waals surface area contributed by atoms with Gasteiger partial charge in [0.05, 0.1) is 0 Å². The Morgan fingerprint density at radius 2 is 2.56 bits per heavy atom. The van der Waals surface area contributed by atoms with Gasteiger partial charge in [-0.15, -0.1) is 4.91 Å². The Hall–Kier alpha value is -0.960. The molecule has 0 aliphatic heterocycles. The first-order chi connectivity index (χ1) is 4.34. The third kappa shape index (κ3) is 1.23. The average molecular weight is 125 g/mol. The third-order valence-electron chi connectivity index (χ3n) is 1.20. The summed E-state index contributed by atoms with van der Waals surface area (Å²) in [5, 5.41) is 11.2. The molecular formula is C6H7NO2. The largest absolute Gasteiger partial charge is 0.365 e. The van der Waals surface area contributed by atoms with E-state index in [-0.39, 0.29) is 0 Å². The third-order valence-corrected chi connectivity index (χ3v) is 1.20. The highest BCUT2D eigenvalue weighted by Crippen LogP contribution is 2.12. The summed E-state index contributed by atoms with van der Waals surface area (Å²) in [6.07, 6.45) is 4.97. The molecule has 0 heterocycles. The van der Waals surface area contributed by atoms with Crippen LogP contribution in [0.4, 0.5) is 0 Å². The molecule has 1 N–H and O–H groups in total. The van der Waals surface area contributed by atoms with E-state index in [1.807, 2.05) is 6.08 Å². The molecule has 48 valence electrons. The Kier molecular flexibility index (Phi) is 1.75. The van der Waals surface area contributed by atoms with E-state index < -0.39 is 6.23 Å². The number of aliphatic hydroxyl groups excluding tert-OH is 1. The Morgan fingerprint density at radius 3 is 3.00 bits per heavy atom. The molecule has 0 amide bonds. The molecule has 3 heteroatoms. The molecule has 0 saturated carbocycles. The van der Waals surface area contributed by atoms with Crippen molar-refractivity contribution in [3.8, 4) is 0 Å². The second-order valence-electron chi connectivity index (χ2n) is 1.82. The van der Waals surface area contributed by atoms with E-state index >= 15 is 0 Å². The van der Waals surface area contributed by atoms with Crippen molar-refractivity contribution in [3.05, 3.63) is 28.7 Å². The number of aliphatic hydroxyl groups is 1. The van der Waals surface area contributed by atoms with E-state index in [9.17, 15) is 4.91 Å². The number of allylic oxidation sites excluding steroid dienone is 2. The molecule has 0 fully saturated rings. The minimum atomic E-state index is -1.16. The molecule has 9 heavy (non-hydrogen) atoms. The van der Waals surface area contributed by atoms with Crippen molar-refractivity contribution in [3.63, 3.8) is 0 Å². The van der Waals surface area contributed by atoms with Crippen molar-refractivity contribution in [2.75, 3.05) is 0 Å². The lowest BCUT2D eigenvalue weighted by Gasteiger charge is -1.96. The standard InChI is InChI=1S/C6H7NO2/c8-6(7-9)5-3-1-2-4-5/h1,3-4,6,8H,2H2. The van der Waals surface area contributed by atoms with Gasteiger partial charge in [0.2, 0.25) is 6.23 Å². The maximum Gasteiger partial charge on any atom is 0.212 e. The Morgan fingerprint density at radius 1 is 1.78 bits per heavy atom. The van der Waals surface area contributed by atoms with Gasteiger partial charge in [-0.2, -0.15) is 0 Å². The molecule has 0 bridgehead atoms. The first-order valence-electron chi connectivity index (χ1n) is 2.71.